The number of fused-ring (bicyclic) bond motifs is 1. The Morgan fingerprint density at radius 2 is 2.10 bits per heavy atom. The van der Waals surface area contributed by atoms with Gasteiger partial charge in [0.25, 0.3) is 6.43 Å². The van der Waals surface area contributed by atoms with E-state index < -0.39 is 12.5 Å². The fourth-order valence-corrected chi connectivity index (χ4v) is 2.63. The minimum atomic E-state index is -2.52. The maximum atomic E-state index is 13.3. The molecule has 1 aliphatic heterocycles. The van der Waals surface area contributed by atoms with E-state index in [2.05, 4.69) is 10.4 Å². The smallest absolute Gasteiger partial charge is 0.260 e. The van der Waals surface area contributed by atoms with Gasteiger partial charge >= 0.3 is 0 Å². The highest BCUT2D eigenvalue weighted by Gasteiger charge is 2.35. The zero-order valence-electron chi connectivity index (χ0n) is 11.4. The van der Waals surface area contributed by atoms with E-state index in [1.807, 2.05) is 37.3 Å². The number of rotatable bonds is 2. The summed E-state index contributed by atoms with van der Waals surface area (Å²) < 4.78 is 27.8. The van der Waals surface area contributed by atoms with E-state index in [0.29, 0.717) is 5.82 Å². The molecule has 1 aromatic carbocycles. The third kappa shape index (κ3) is 2.35. The van der Waals surface area contributed by atoms with Crippen LogP contribution in [0.5, 0.6) is 0 Å². The van der Waals surface area contributed by atoms with E-state index in [9.17, 15) is 8.78 Å². The first-order valence-corrected chi connectivity index (χ1v) is 6.69. The molecule has 6 heteroatoms. The highest BCUT2D eigenvalue weighted by molar-refractivity contribution is 5.54. The minimum Gasteiger partial charge on any atom is -0.362 e. The Bertz CT molecular complexity index is 685. The number of nitrogens with one attached hydrogen (secondary N) is 1. The van der Waals surface area contributed by atoms with Crippen molar-refractivity contribution in [1.82, 2.24) is 9.78 Å². The minimum absolute atomic E-state index is 0.236. The summed E-state index contributed by atoms with van der Waals surface area (Å²) in [5.74, 6) is 0.375. The van der Waals surface area contributed by atoms with Crippen LogP contribution in [0.4, 0.5) is 14.6 Å². The zero-order valence-corrected chi connectivity index (χ0v) is 11.4. The molecule has 2 atom stereocenters. The van der Waals surface area contributed by atoms with Gasteiger partial charge in [0.2, 0.25) is 0 Å². The first kappa shape index (κ1) is 13.6. The number of halogens is 2. The van der Waals surface area contributed by atoms with Crippen LogP contribution in [0.3, 0.4) is 0 Å². The molecule has 21 heavy (non-hydrogen) atoms. The van der Waals surface area contributed by atoms with Crippen LogP contribution in [0.15, 0.2) is 30.5 Å². The maximum Gasteiger partial charge on any atom is 0.260 e. The summed E-state index contributed by atoms with van der Waals surface area (Å²) in [6, 6.07) is 8.47. The molecule has 0 amide bonds. The first-order chi connectivity index (χ1) is 10.1. The number of benzene rings is 1. The Morgan fingerprint density at radius 1 is 1.38 bits per heavy atom. The maximum absolute atomic E-state index is 13.3. The molecule has 1 aliphatic rings. The Kier molecular flexibility index (Phi) is 3.34. The SMILES string of the molecule is Cc1ccc([C@@H]2C[C@H](C(F)F)n3ncc(C#N)c3N2)cc1. The summed E-state index contributed by atoms with van der Waals surface area (Å²) >= 11 is 0. The number of aryl methyl sites for hydroxylation is 1. The lowest BCUT2D eigenvalue weighted by atomic mass is 9.96. The standard InChI is InChI=1S/C15H14F2N4/c1-9-2-4-10(5-3-9)12-6-13(14(16)17)21-15(20-12)11(7-18)8-19-21/h2-5,8,12-14,20H,6H2,1H3/t12-,13+/m0/s1. The lowest BCUT2D eigenvalue weighted by molar-refractivity contribution is 0.0658. The Morgan fingerprint density at radius 3 is 2.71 bits per heavy atom. The zero-order chi connectivity index (χ0) is 15.0. The van der Waals surface area contributed by atoms with Gasteiger partial charge in [-0.25, -0.2) is 13.5 Å². The largest absolute Gasteiger partial charge is 0.362 e. The molecule has 0 unspecified atom stereocenters. The van der Waals surface area contributed by atoms with Crippen LogP contribution in [-0.2, 0) is 0 Å². The summed E-state index contributed by atoms with van der Waals surface area (Å²) in [6.45, 7) is 1.98. The van der Waals surface area contributed by atoms with Crippen LogP contribution in [0.2, 0.25) is 0 Å². The summed E-state index contributed by atoms with van der Waals surface area (Å²) in [5.41, 5.74) is 2.34. The molecule has 108 valence electrons. The average molecular weight is 288 g/mol. The van der Waals surface area contributed by atoms with Crippen molar-refractivity contribution >= 4 is 5.82 Å². The van der Waals surface area contributed by atoms with Crippen molar-refractivity contribution in [2.24, 2.45) is 0 Å². The van der Waals surface area contributed by atoms with E-state index in [-0.39, 0.29) is 18.0 Å². The van der Waals surface area contributed by atoms with E-state index in [4.69, 9.17) is 5.26 Å². The number of hydrogen-bond donors (Lipinski definition) is 1. The van der Waals surface area contributed by atoms with Crippen LogP contribution < -0.4 is 5.32 Å². The van der Waals surface area contributed by atoms with Gasteiger partial charge in [0.1, 0.15) is 23.5 Å². The molecular formula is C15H14F2N4. The van der Waals surface area contributed by atoms with Gasteiger partial charge in [-0.1, -0.05) is 29.8 Å². The molecule has 0 saturated heterocycles. The molecule has 4 nitrogen and oxygen atoms in total. The van der Waals surface area contributed by atoms with Gasteiger partial charge < -0.3 is 5.32 Å². The van der Waals surface area contributed by atoms with Crippen molar-refractivity contribution in [2.45, 2.75) is 31.9 Å². The van der Waals surface area contributed by atoms with E-state index >= 15 is 0 Å². The molecule has 0 spiro atoms. The van der Waals surface area contributed by atoms with E-state index in [1.165, 1.54) is 10.9 Å². The summed E-state index contributed by atoms with van der Waals surface area (Å²) in [5, 5.41) is 16.2. The number of alkyl halides is 2. The Hall–Kier alpha value is -2.42. The molecule has 0 fully saturated rings. The van der Waals surface area contributed by atoms with E-state index in [1.54, 1.807) is 0 Å². The summed E-state index contributed by atoms with van der Waals surface area (Å²) in [6.07, 6.45) is -0.958. The number of aromatic nitrogens is 2. The molecule has 2 aromatic rings. The highest BCUT2D eigenvalue weighted by atomic mass is 19.3. The quantitative estimate of drug-likeness (QED) is 0.921. The Labute approximate surface area is 121 Å². The van der Waals surface area contributed by atoms with Gasteiger partial charge in [0.05, 0.1) is 12.2 Å². The van der Waals surface area contributed by atoms with Gasteiger partial charge in [-0.05, 0) is 18.9 Å². The van der Waals surface area contributed by atoms with Crippen molar-refractivity contribution < 1.29 is 8.78 Å². The van der Waals surface area contributed by atoms with Crippen LogP contribution in [0.25, 0.3) is 0 Å². The van der Waals surface area contributed by atoms with Gasteiger partial charge in [-0.3, -0.25) is 0 Å². The molecule has 1 aromatic heterocycles. The first-order valence-electron chi connectivity index (χ1n) is 6.69. The second kappa shape index (κ2) is 5.17. The topological polar surface area (TPSA) is 53.6 Å². The molecule has 0 radical (unpaired) electrons. The highest BCUT2D eigenvalue weighted by Crippen LogP contribution is 2.39. The lowest BCUT2D eigenvalue weighted by Crippen LogP contribution is -2.31. The van der Waals surface area contributed by atoms with Gasteiger partial charge in [-0.15, -0.1) is 0 Å². The number of nitriles is 1. The molecule has 3 rings (SSSR count). The lowest BCUT2D eigenvalue weighted by Gasteiger charge is -2.32. The third-order valence-corrected chi connectivity index (χ3v) is 3.79. The number of hydrogen-bond acceptors (Lipinski definition) is 3. The third-order valence-electron chi connectivity index (χ3n) is 3.79. The second-order valence-electron chi connectivity index (χ2n) is 5.21. The van der Waals surface area contributed by atoms with Gasteiger partial charge in [-0.2, -0.15) is 10.4 Å². The monoisotopic (exact) mass is 288 g/mol. The predicted molar refractivity (Wildman–Crippen MR) is 74.1 cm³/mol. The van der Waals surface area contributed by atoms with Crippen LogP contribution in [-0.4, -0.2) is 16.2 Å². The summed E-state index contributed by atoms with van der Waals surface area (Å²) in [7, 11) is 0. The fraction of sp³-hybridized carbons (Fsp3) is 0.333. The van der Waals surface area contributed by atoms with Crippen molar-refractivity contribution in [3.63, 3.8) is 0 Å². The van der Waals surface area contributed by atoms with Gasteiger partial charge in [0.15, 0.2) is 0 Å². The van der Waals surface area contributed by atoms with E-state index in [0.717, 1.165) is 11.1 Å². The molecule has 2 heterocycles. The molecule has 0 bridgehead atoms. The van der Waals surface area contributed by atoms with Crippen LogP contribution in [0.1, 0.15) is 35.2 Å². The Balaban J connectivity index is 2.00. The molecule has 0 aliphatic carbocycles. The van der Waals surface area contributed by atoms with Crippen molar-refractivity contribution in [3.8, 4) is 6.07 Å². The second-order valence-corrected chi connectivity index (χ2v) is 5.21. The van der Waals surface area contributed by atoms with Crippen molar-refractivity contribution in [2.75, 3.05) is 5.32 Å². The molecular weight excluding hydrogens is 274 g/mol. The van der Waals surface area contributed by atoms with Crippen molar-refractivity contribution in [3.05, 3.63) is 47.2 Å². The molecule has 0 saturated carbocycles. The number of nitrogens with zero attached hydrogens (tertiary/aromatic N) is 3. The summed E-state index contributed by atoms with van der Waals surface area (Å²) in [4.78, 5) is 0. The number of anilines is 1. The normalized spacial score (nSPS) is 20.7. The average Bonchev–Trinajstić information content (AvgIpc) is 2.89. The fourth-order valence-electron chi connectivity index (χ4n) is 2.63. The molecule has 1 N–H and O–H groups in total. The van der Waals surface area contributed by atoms with Crippen LogP contribution in [0, 0.1) is 18.3 Å². The predicted octanol–water partition coefficient (Wildman–Crippen LogP) is 3.43. The van der Waals surface area contributed by atoms with Crippen LogP contribution >= 0.6 is 0 Å². The van der Waals surface area contributed by atoms with Crippen molar-refractivity contribution in [1.29, 1.82) is 5.26 Å². The van der Waals surface area contributed by atoms with Gasteiger partial charge in [0, 0.05) is 0 Å².